The van der Waals surface area contributed by atoms with Crippen molar-refractivity contribution in [3.8, 4) is 0 Å². The molecule has 0 aromatic rings. The highest BCUT2D eigenvalue weighted by molar-refractivity contribution is 7.81. The van der Waals surface area contributed by atoms with Crippen LogP contribution in [0.1, 0.15) is 112 Å². The fourth-order valence-electron chi connectivity index (χ4n) is 13.2. The molecule has 0 unspecified atom stereocenters. The monoisotopic (exact) mass is 1050 g/mol. The van der Waals surface area contributed by atoms with Gasteiger partial charge in [-0.15, -0.1) is 0 Å². The quantitative estimate of drug-likeness (QED) is 0.239. The highest BCUT2D eigenvalue weighted by Crippen LogP contribution is 2.53. The van der Waals surface area contributed by atoms with Gasteiger partial charge in [0, 0.05) is 51.4 Å². The van der Waals surface area contributed by atoms with Crippen molar-refractivity contribution in [2.45, 2.75) is 250 Å². The Morgan fingerprint density at radius 1 is 0.551 bits per heavy atom. The van der Waals surface area contributed by atoms with Crippen LogP contribution in [0.4, 0.5) is 0 Å². The second kappa shape index (κ2) is 18.2. The molecule has 10 saturated heterocycles. The van der Waals surface area contributed by atoms with Crippen LogP contribution in [0.3, 0.4) is 0 Å². The molecule has 10 heterocycles. The Labute approximate surface area is 401 Å². The summed E-state index contributed by atoms with van der Waals surface area (Å²) in [5, 5.41) is 22.5. The lowest BCUT2D eigenvalue weighted by molar-refractivity contribution is -0.377. The Balaban J connectivity index is 0.807. The standard InChI is InChI=1S/C42H66O24S3/c1-19-6-8-40(3)32(59-29-16-30-36(61-35(19)29)37(44)42(5)34(60-30)12-20(43)38(63-42)65-69(51,52)53)18-31-41(4,66-40)9-7-21-22(58-31)13-24-23(55-21)14-25-26(56-24)15-28-27(57-25)17-33(64-68(48,49)50)39(2,62-28)10-11-54-67(45,46)47/h19-38,43-44H,6-18H2,1-5H3,(H,45,46,47)(H,48,49,50)(H,51,52,53)/p-3/t19-,20-,21-,22+,23+,24-,25-,26+,27+,28-,29-,30+,31-,32+,33-,34-,35+,36+,37+,38-,39+,40-,41+,42-/m0/s1. The number of hydrogen-bond donors (Lipinski definition) is 2. The maximum absolute atomic E-state index is 11.8. The molecular weight excluding hydrogens is 985 g/mol. The van der Waals surface area contributed by atoms with Crippen LogP contribution in [0, 0.1) is 5.92 Å². The zero-order valence-corrected chi connectivity index (χ0v) is 41.3. The van der Waals surface area contributed by atoms with Crippen molar-refractivity contribution < 1.29 is 109 Å². The largest absolute Gasteiger partial charge is 0.726 e. The average molecular weight is 1050 g/mol. The summed E-state index contributed by atoms with van der Waals surface area (Å²) in [5.41, 5.74) is -4.53. The Bertz CT molecular complexity index is 2260. The molecular formula is C42H63O24S3-3. The average Bonchev–Trinajstić information content (AvgIpc) is 3.35. The molecule has 10 rings (SSSR count). The summed E-state index contributed by atoms with van der Waals surface area (Å²) in [6, 6.07) is 0. The van der Waals surface area contributed by atoms with Gasteiger partial charge in [0.1, 0.15) is 30.0 Å². The topological polar surface area (TPSA) is 332 Å². The molecule has 0 radical (unpaired) electrons. The second-order valence-electron chi connectivity index (χ2n) is 21.8. The van der Waals surface area contributed by atoms with Gasteiger partial charge in [0.05, 0.1) is 109 Å². The third kappa shape index (κ3) is 10.2. The maximum atomic E-state index is 11.8. The van der Waals surface area contributed by atoms with E-state index in [0.717, 1.165) is 0 Å². The fourth-order valence-corrected chi connectivity index (χ4v) is 14.5. The zero-order chi connectivity index (χ0) is 49.4. The summed E-state index contributed by atoms with van der Waals surface area (Å²) in [6.07, 6.45) is -9.84. The van der Waals surface area contributed by atoms with Crippen LogP contribution < -0.4 is 0 Å². The summed E-state index contributed by atoms with van der Waals surface area (Å²) in [7, 11) is -15.5. The number of fused-ring (bicyclic) bond motifs is 9. The number of hydrogen-bond acceptors (Lipinski definition) is 24. The van der Waals surface area contributed by atoms with Gasteiger partial charge in [-0.25, -0.2) is 29.4 Å². The minimum Gasteiger partial charge on any atom is -0.726 e. The van der Waals surface area contributed by atoms with Gasteiger partial charge in [-0.3, -0.25) is 8.37 Å². The van der Waals surface area contributed by atoms with Gasteiger partial charge in [-0.1, -0.05) is 6.92 Å². The van der Waals surface area contributed by atoms with E-state index >= 15 is 0 Å². The van der Waals surface area contributed by atoms with Crippen LogP contribution in [0.2, 0.25) is 0 Å². The molecule has 0 spiro atoms. The smallest absolute Gasteiger partial charge is 0.220 e. The molecule has 10 fully saturated rings. The Morgan fingerprint density at radius 3 is 1.70 bits per heavy atom. The number of rotatable bonds is 8. The van der Waals surface area contributed by atoms with Crippen molar-refractivity contribution in [2.75, 3.05) is 6.61 Å². The van der Waals surface area contributed by atoms with E-state index in [9.17, 15) is 49.1 Å². The first kappa shape index (κ1) is 51.6. The second-order valence-corrected chi connectivity index (χ2v) is 24.8. The van der Waals surface area contributed by atoms with E-state index in [2.05, 4.69) is 29.1 Å². The molecule has 69 heavy (non-hydrogen) atoms. The highest BCUT2D eigenvalue weighted by Gasteiger charge is 2.64. The minimum atomic E-state index is -5.24. The zero-order valence-electron chi connectivity index (χ0n) is 38.8. The van der Waals surface area contributed by atoms with E-state index in [1.165, 1.54) is 13.8 Å². The minimum absolute atomic E-state index is 0.0526. The molecule has 0 aromatic heterocycles. The van der Waals surface area contributed by atoms with Crippen LogP contribution in [0.15, 0.2) is 0 Å². The van der Waals surface area contributed by atoms with Crippen molar-refractivity contribution in [2.24, 2.45) is 5.92 Å². The fraction of sp³-hybridized carbons (Fsp3) is 1.00. The normalized spacial score (nSPS) is 53.3. The van der Waals surface area contributed by atoms with Gasteiger partial charge < -0.3 is 71.2 Å². The SMILES string of the molecule is C[C@H]1CC[C@]2(C)O[C@]3(C)CC[C@@H]4O[C@@H]5C[C@@H]6O[C@@H]7C[C@H](OS(=O)(=O)[O-])[C@@](C)(CCOS(=O)(=O)[O-])O[C@H]7C[C@H]6O[C@H]5C[C@H]4O[C@H]3C[C@H]2O[C@H]2C[C@H]3O[C@H]4C[C@H](O)[C@H](OS(=O)(=O)[O-])O[C@]4(C)[C@H](O)[C@@H]3O[C@@H]21. The lowest BCUT2D eigenvalue weighted by atomic mass is 9.73. The van der Waals surface area contributed by atoms with E-state index in [4.69, 9.17) is 51.6 Å². The molecule has 10 aliphatic rings. The Hall–Kier alpha value is -0.870. The van der Waals surface area contributed by atoms with Gasteiger partial charge in [0.25, 0.3) is 0 Å². The van der Waals surface area contributed by atoms with E-state index in [0.29, 0.717) is 57.8 Å². The summed E-state index contributed by atoms with van der Waals surface area (Å²) >= 11 is 0. The van der Waals surface area contributed by atoms with Crippen LogP contribution >= 0.6 is 0 Å². The third-order valence-corrected chi connectivity index (χ3v) is 18.3. The van der Waals surface area contributed by atoms with Crippen molar-refractivity contribution in [3.63, 3.8) is 0 Å². The predicted molar refractivity (Wildman–Crippen MR) is 223 cm³/mol. The third-order valence-electron chi connectivity index (χ3n) is 17.0. The van der Waals surface area contributed by atoms with Crippen molar-refractivity contribution in [1.29, 1.82) is 0 Å². The summed E-state index contributed by atoms with van der Waals surface area (Å²) in [4.78, 5) is 0. The number of aliphatic hydroxyl groups excluding tert-OH is 2. The van der Waals surface area contributed by atoms with Gasteiger partial charge in [0.2, 0.25) is 37.5 Å². The molecule has 0 saturated carbocycles. The van der Waals surface area contributed by atoms with Gasteiger partial charge in [-0.2, -0.15) is 0 Å². The van der Waals surface area contributed by atoms with Crippen molar-refractivity contribution in [3.05, 3.63) is 0 Å². The first-order valence-corrected chi connectivity index (χ1v) is 28.0. The van der Waals surface area contributed by atoms with Crippen molar-refractivity contribution in [1.82, 2.24) is 0 Å². The molecule has 396 valence electrons. The van der Waals surface area contributed by atoms with E-state index in [1.54, 1.807) is 0 Å². The van der Waals surface area contributed by atoms with Crippen LogP contribution in [0.25, 0.3) is 0 Å². The van der Waals surface area contributed by atoms with Gasteiger partial charge >= 0.3 is 0 Å². The highest BCUT2D eigenvalue weighted by atomic mass is 32.3. The molecule has 2 N–H and O–H groups in total. The number of aliphatic hydroxyl groups is 2. The summed E-state index contributed by atoms with van der Waals surface area (Å²) in [5.74, 6) is -0.0526. The lowest BCUT2D eigenvalue weighted by Gasteiger charge is -2.59. The molecule has 0 aliphatic carbocycles. The Morgan fingerprint density at radius 2 is 1.07 bits per heavy atom. The molecule has 0 amide bonds. The predicted octanol–water partition coefficient (Wildman–Crippen LogP) is 0.0164. The Kier molecular flexibility index (Phi) is 13.6. The van der Waals surface area contributed by atoms with Crippen LogP contribution in [0.5, 0.6) is 0 Å². The summed E-state index contributed by atoms with van der Waals surface area (Å²) in [6.45, 7) is 8.55. The van der Waals surface area contributed by atoms with E-state index in [1.807, 2.05) is 0 Å². The lowest BCUT2D eigenvalue weighted by Crippen LogP contribution is -2.73. The molecule has 24 nitrogen and oxygen atoms in total. The first-order valence-electron chi connectivity index (χ1n) is 24.0. The van der Waals surface area contributed by atoms with Gasteiger partial charge in [-0.05, 0) is 59.3 Å². The van der Waals surface area contributed by atoms with Crippen molar-refractivity contribution >= 4 is 31.2 Å². The number of ether oxygens (including phenoxy) is 10. The van der Waals surface area contributed by atoms with Crippen LogP contribution in [-0.4, -0.2) is 194 Å². The summed E-state index contributed by atoms with van der Waals surface area (Å²) < 4.78 is 183. The molecule has 10 aliphatic heterocycles. The molecule has 0 aromatic carbocycles. The first-order chi connectivity index (χ1) is 32.1. The van der Waals surface area contributed by atoms with E-state index in [-0.39, 0.29) is 49.6 Å². The molecule has 24 atom stereocenters. The van der Waals surface area contributed by atoms with Crippen LogP contribution in [-0.2, 0) is 91.1 Å². The maximum Gasteiger partial charge on any atom is 0.220 e. The molecule has 27 heteroatoms. The molecule has 0 bridgehead atoms. The van der Waals surface area contributed by atoms with E-state index < -0.39 is 152 Å². The van der Waals surface area contributed by atoms with Gasteiger partial charge in [0.15, 0.2) is 0 Å².